The third-order valence-electron chi connectivity index (χ3n) is 6.36. The lowest BCUT2D eigenvalue weighted by Crippen LogP contribution is -2.45. The van der Waals surface area contributed by atoms with Crippen molar-refractivity contribution in [3.8, 4) is 5.75 Å². The molecule has 5 N–H and O–H groups in total. The maximum Gasteiger partial charge on any atom is 0.254 e. The lowest BCUT2D eigenvalue weighted by atomic mass is 9.94. The minimum absolute atomic E-state index is 0.0924. The molecule has 10 heteroatoms. The van der Waals surface area contributed by atoms with E-state index >= 15 is 4.39 Å². The number of carbonyl (C=O) groups is 1. The predicted molar refractivity (Wildman–Crippen MR) is 121 cm³/mol. The summed E-state index contributed by atoms with van der Waals surface area (Å²) in [6.45, 7) is 1.45. The smallest absolute Gasteiger partial charge is 0.254 e. The number of ether oxygens (including phenoxy) is 2. The molecule has 9 nitrogen and oxygen atoms in total. The number of hydrogen-bond donors (Lipinski definition) is 3. The van der Waals surface area contributed by atoms with Crippen LogP contribution in [0.25, 0.3) is 10.9 Å². The number of pyridine rings is 2. The van der Waals surface area contributed by atoms with Crippen molar-refractivity contribution in [2.75, 3.05) is 37.4 Å². The third-order valence-corrected chi connectivity index (χ3v) is 6.36. The molecule has 5 rings (SSSR count). The van der Waals surface area contributed by atoms with Crippen molar-refractivity contribution in [3.63, 3.8) is 0 Å². The molecule has 3 aromatic rings. The van der Waals surface area contributed by atoms with Crippen molar-refractivity contribution in [1.29, 1.82) is 0 Å². The normalized spacial score (nSPS) is 19.1. The Labute approximate surface area is 188 Å². The van der Waals surface area contributed by atoms with E-state index in [2.05, 4.69) is 10.3 Å². The number of benzene rings is 1. The first-order chi connectivity index (χ1) is 15.9. The SMILES string of the molecule is NC(=O)c1cn2c3c(c(NCCCc4ccccn4)c(F)c(N)c3c1=O)OCC21CCOC1. The summed E-state index contributed by atoms with van der Waals surface area (Å²) in [4.78, 5) is 29.3. The summed E-state index contributed by atoms with van der Waals surface area (Å²) >= 11 is 0. The Morgan fingerprint density at radius 3 is 2.88 bits per heavy atom. The van der Waals surface area contributed by atoms with Gasteiger partial charge in [0.2, 0.25) is 5.43 Å². The van der Waals surface area contributed by atoms with Crippen LogP contribution in [0.4, 0.5) is 15.8 Å². The first-order valence-corrected chi connectivity index (χ1v) is 10.8. The van der Waals surface area contributed by atoms with Crippen LogP contribution < -0.4 is 26.9 Å². The van der Waals surface area contributed by atoms with Crippen molar-refractivity contribution in [2.45, 2.75) is 24.8 Å². The van der Waals surface area contributed by atoms with Gasteiger partial charge in [0, 0.05) is 31.2 Å². The largest absolute Gasteiger partial charge is 0.487 e. The average Bonchev–Trinajstić information content (AvgIpc) is 3.28. The molecule has 1 amide bonds. The van der Waals surface area contributed by atoms with Gasteiger partial charge in [0.15, 0.2) is 11.6 Å². The van der Waals surface area contributed by atoms with Crippen molar-refractivity contribution < 1.29 is 18.7 Å². The number of aromatic nitrogens is 2. The molecule has 2 aliphatic heterocycles. The summed E-state index contributed by atoms with van der Waals surface area (Å²) in [5, 5.41) is 2.98. The van der Waals surface area contributed by atoms with Gasteiger partial charge in [-0.1, -0.05) is 6.07 Å². The molecule has 1 saturated heterocycles. The summed E-state index contributed by atoms with van der Waals surface area (Å²) in [6.07, 6.45) is 5.16. The van der Waals surface area contributed by atoms with Crippen LogP contribution in [-0.2, 0) is 16.7 Å². The van der Waals surface area contributed by atoms with E-state index in [0.29, 0.717) is 44.5 Å². The van der Waals surface area contributed by atoms with Gasteiger partial charge in [-0.25, -0.2) is 4.39 Å². The minimum atomic E-state index is -0.899. The molecule has 4 heterocycles. The number of halogens is 1. The monoisotopic (exact) mass is 453 g/mol. The summed E-state index contributed by atoms with van der Waals surface area (Å²) in [5.41, 5.74) is 11.0. The van der Waals surface area contributed by atoms with E-state index in [0.717, 1.165) is 5.69 Å². The highest BCUT2D eigenvalue weighted by Gasteiger charge is 2.43. The van der Waals surface area contributed by atoms with Crippen molar-refractivity contribution in [1.82, 2.24) is 9.55 Å². The maximum atomic E-state index is 15.4. The van der Waals surface area contributed by atoms with Crippen molar-refractivity contribution in [2.24, 2.45) is 5.73 Å². The molecule has 1 aromatic carbocycles. The Hall–Kier alpha value is -3.66. The van der Waals surface area contributed by atoms with Gasteiger partial charge in [-0.05, 0) is 31.4 Å². The van der Waals surface area contributed by atoms with Crippen LogP contribution in [0.15, 0.2) is 35.4 Å². The van der Waals surface area contributed by atoms with E-state index in [1.165, 1.54) is 6.20 Å². The Balaban J connectivity index is 1.60. The minimum Gasteiger partial charge on any atom is -0.487 e. The fourth-order valence-electron chi connectivity index (χ4n) is 4.60. The highest BCUT2D eigenvalue weighted by Crippen LogP contribution is 2.46. The number of carbonyl (C=O) groups excluding carboxylic acids is 1. The van der Waals surface area contributed by atoms with Gasteiger partial charge < -0.3 is 30.8 Å². The topological polar surface area (TPSA) is 134 Å². The lowest BCUT2D eigenvalue weighted by molar-refractivity contribution is 0.0978. The van der Waals surface area contributed by atoms with E-state index in [4.69, 9.17) is 20.9 Å². The number of primary amides is 1. The highest BCUT2D eigenvalue weighted by molar-refractivity contribution is 6.04. The molecule has 0 radical (unpaired) electrons. The molecule has 1 fully saturated rings. The Kier molecular flexibility index (Phi) is 5.16. The van der Waals surface area contributed by atoms with E-state index < -0.39 is 22.7 Å². The number of rotatable bonds is 6. The Morgan fingerprint density at radius 2 is 2.18 bits per heavy atom. The molecule has 33 heavy (non-hydrogen) atoms. The zero-order valence-electron chi connectivity index (χ0n) is 17.9. The van der Waals surface area contributed by atoms with Crippen LogP contribution in [0.3, 0.4) is 0 Å². The van der Waals surface area contributed by atoms with Crippen LogP contribution in [0.5, 0.6) is 5.75 Å². The van der Waals surface area contributed by atoms with Crippen LogP contribution in [0, 0.1) is 5.82 Å². The average molecular weight is 453 g/mol. The second kappa shape index (κ2) is 8.04. The number of nitrogens with zero attached hydrogens (tertiary/aromatic N) is 2. The number of hydrogen-bond acceptors (Lipinski definition) is 7. The highest BCUT2D eigenvalue weighted by atomic mass is 19.1. The van der Waals surface area contributed by atoms with E-state index in [9.17, 15) is 9.59 Å². The fraction of sp³-hybridized carbons (Fsp3) is 0.348. The number of nitrogen functional groups attached to an aromatic ring is 1. The predicted octanol–water partition coefficient (Wildman–Crippen LogP) is 1.77. The summed E-state index contributed by atoms with van der Waals surface area (Å²) in [5.74, 6) is -1.50. The molecule has 1 unspecified atom stereocenters. The molecule has 0 saturated carbocycles. The molecule has 2 aromatic heterocycles. The summed E-state index contributed by atoms with van der Waals surface area (Å²) in [6, 6.07) is 5.70. The number of nitrogens with two attached hydrogens (primary N) is 2. The first kappa shape index (κ1) is 21.2. The van der Waals surface area contributed by atoms with Gasteiger partial charge in [0.1, 0.15) is 23.4 Å². The van der Waals surface area contributed by atoms with E-state index in [-0.39, 0.29) is 34.7 Å². The number of fused-ring (bicyclic) bond motifs is 1. The standard InChI is InChI=1S/C23H24FN5O4/c24-16-17(25)15-19-21(18(16)28-8-3-5-13-4-1-2-7-27-13)33-12-23(6-9-32-11-23)29(19)10-14(20(15)30)22(26)31/h1-2,4,7,10,28H,3,5-6,8-9,11-12,25H2,(H2,26,31). The molecular weight excluding hydrogens is 429 g/mol. The van der Waals surface area contributed by atoms with Gasteiger partial charge >= 0.3 is 0 Å². The molecule has 172 valence electrons. The molecule has 0 bridgehead atoms. The number of aryl methyl sites for hydroxylation is 1. The van der Waals surface area contributed by atoms with Crippen LogP contribution >= 0.6 is 0 Å². The van der Waals surface area contributed by atoms with Crippen LogP contribution in [0.2, 0.25) is 0 Å². The number of anilines is 2. The van der Waals surface area contributed by atoms with E-state index in [1.807, 2.05) is 18.2 Å². The number of nitrogens with one attached hydrogen (secondary N) is 1. The first-order valence-electron chi connectivity index (χ1n) is 10.8. The summed E-state index contributed by atoms with van der Waals surface area (Å²) < 4.78 is 28.8. The van der Waals surface area contributed by atoms with E-state index in [1.54, 1.807) is 10.8 Å². The quantitative estimate of drug-likeness (QED) is 0.382. The molecule has 2 aliphatic rings. The fourth-order valence-corrected chi connectivity index (χ4v) is 4.60. The second-order valence-electron chi connectivity index (χ2n) is 8.43. The van der Waals surface area contributed by atoms with Crippen molar-refractivity contribution >= 4 is 28.2 Å². The zero-order chi connectivity index (χ0) is 23.2. The molecule has 1 spiro atoms. The van der Waals surface area contributed by atoms with Gasteiger partial charge in [0.25, 0.3) is 5.91 Å². The second-order valence-corrected chi connectivity index (χ2v) is 8.43. The maximum absolute atomic E-state index is 15.4. The zero-order valence-corrected chi connectivity index (χ0v) is 17.9. The molecular formula is C23H24FN5O4. The number of amides is 1. The Bertz CT molecular complexity index is 1300. The van der Waals surface area contributed by atoms with Gasteiger partial charge in [-0.2, -0.15) is 0 Å². The van der Waals surface area contributed by atoms with Gasteiger partial charge in [-0.3, -0.25) is 14.6 Å². The third kappa shape index (κ3) is 3.37. The van der Waals surface area contributed by atoms with Crippen LogP contribution in [-0.4, -0.2) is 41.8 Å². The van der Waals surface area contributed by atoms with Gasteiger partial charge in [0.05, 0.1) is 23.2 Å². The molecule has 1 atom stereocenters. The lowest BCUT2D eigenvalue weighted by Gasteiger charge is -2.38. The van der Waals surface area contributed by atoms with Crippen LogP contribution in [0.1, 0.15) is 28.9 Å². The Morgan fingerprint density at radius 1 is 1.33 bits per heavy atom. The molecule has 0 aliphatic carbocycles. The summed E-state index contributed by atoms with van der Waals surface area (Å²) in [7, 11) is 0. The van der Waals surface area contributed by atoms with Gasteiger partial charge in [-0.15, -0.1) is 0 Å². The van der Waals surface area contributed by atoms with Crippen molar-refractivity contribution in [3.05, 3.63) is 57.9 Å².